The van der Waals surface area contributed by atoms with Crippen molar-refractivity contribution >= 4 is 34.4 Å². The van der Waals surface area contributed by atoms with E-state index in [9.17, 15) is 14.7 Å². The van der Waals surface area contributed by atoms with Crippen LogP contribution in [0.25, 0.3) is 0 Å². The number of nitrogens with zero attached hydrogens (tertiary/aromatic N) is 2. The molecule has 1 amide bonds. The molecule has 1 aromatic heterocycles. The molecular formula is C33H30FN3O4S. The van der Waals surface area contributed by atoms with Crippen molar-refractivity contribution in [2.45, 2.75) is 46.3 Å². The molecule has 1 unspecified atom stereocenters. The Kier molecular flexibility index (Phi) is 7.06. The number of thiazole rings is 1. The van der Waals surface area contributed by atoms with Crippen LogP contribution in [0.5, 0.6) is 11.5 Å². The number of benzene rings is 3. The van der Waals surface area contributed by atoms with Crippen LogP contribution in [0, 0.1) is 18.2 Å². The summed E-state index contributed by atoms with van der Waals surface area (Å²) in [6, 6.07) is 17.8. The summed E-state index contributed by atoms with van der Waals surface area (Å²) in [7, 11) is 0. The van der Waals surface area contributed by atoms with Gasteiger partial charge in [0.25, 0.3) is 5.91 Å². The van der Waals surface area contributed by atoms with Gasteiger partial charge in [0.05, 0.1) is 16.7 Å². The first-order valence-electron chi connectivity index (χ1n) is 13.7. The van der Waals surface area contributed by atoms with E-state index in [1.807, 2.05) is 44.2 Å². The molecule has 9 heteroatoms. The molecule has 6 rings (SSSR count). The highest BCUT2D eigenvalue weighted by Crippen LogP contribution is 2.51. The number of aromatic hydroxyl groups is 1. The lowest BCUT2D eigenvalue weighted by molar-refractivity contribution is -0.118. The monoisotopic (exact) mass is 583 g/mol. The summed E-state index contributed by atoms with van der Waals surface area (Å²) in [5.74, 6) is -1.09. The molecule has 0 saturated carbocycles. The number of hydrogen-bond donors (Lipinski definition) is 2. The molecule has 1 atom stereocenters. The van der Waals surface area contributed by atoms with Gasteiger partial charge in [-0.05, 0) is 48.6 Å². The first-order valence-corrected chi connectivity index (χ1v) is 14.6. The van der Waals surface area contributed by atoms with Crippen LogP contribution in [-0.4, -0.2) is 21.8 Å². The number of aryl methyl sites for hydroxylation is 1. The van der Waals surface area contributed by atoms with Crippen molar-refractivity contribution in [3.05, 3.63) is 111 Å². The van der Waals surface area contributed by atoms with E-state index in [1.54, 1.807) is 36.6 Å². The molecule has 7 nitrogen and oxygen atoms in total. The van der Waals surface area contributed by atoms with Gasteiger partial charge in [-0.3, -0.25) is 14.5 Å². The fraction of sp³-hybridized carbons (Fsp3) is 0.242. The summed E-state index contributed by atoms with van der Waals surface area (Å²) in [6.45, 7) is 6.03. The summed E-state index contributed by atoms with van der Waals surface area (Å²) in [6.07, 6.45) is 0.695. The maximum absolute atomic E-state index is 16.2. The van der Waals surface area contributed by atoms with Crippen molar-refractivity contribution in [2.75, 3.05) is 10.2 Å². The van der Waals surface area contributed by atoms with Gasteiger partial charge in [0.15, 0.2) is 5.78 Å². The Morgan fingerprint density at radius 2 is 1.93 bits per heavy atom. The SMILES string of the molecule is Cc1nc(C(=O)N2c3cccc(O)c3NC3=C(C(=O)CC(C)(C)C3)C2c2ccc(OCc3ccccc3)cc2F)cs1. The molecule has 214 valence electrons. The number of ether oxygens (including phenoxy) is 1. The zero-order chi connectivity index (χ0) is 29.6. The first kappa shape index (κ1) is 27.7. The molecule has 0 radical (unpaired) electrons. The van der Waals surface area contributed by atoms with E-state index in [4.69, 9.17) is 4.74 Å². The number of allylic oxidation sites excluding steroid dienone is 1. The Bertz CT molecular complexity index is 1730. The van der Waals surface area contributed by atoms with Crippen molar-refractivity contribution in [3.63, 3.8) is 0 Å². The molecule has 2 aliphatic rings. The topological polar surface area (TPSA) is 91.8 Å². The third-order valence-electron chi connectivity index (χ3n) is 7.58. The van der Waals surface area contributed by atoms with Gasteiger partial charge in [-0.1, -0.05) is 50.2 Å². The van der Waals surface area contributed by atoms with Crippen LogP contribution in [0.1, 0.15) is 59.4 Å². The largest absolute Gasteiger partial charge is 0.506 e. The van der Waals surface area contributed by atoms with E-state index in [-0.39, 0.29) is 46.9 Å². The highest BCUT2D eigenvalue weighted by atomic mass is 32.1. The fourth-order valence-corrected chi connectivity index (χ4v) is 6.29. The van der Waals surface area contributed by atoms with Crippen molar-refractivity contribution < 1.29 is 23.8 Å². The lowest BCUT2D eigenvalue weighted by Gasteiger charge is -2.37. The standard InChI is InChI=1S/C33H30FN3O4S/c1-19-35-25(18-42-19)32(40)37-26-10-7-11-27(38)30(26)36-24-15-33(2,3)16-28(39)29(24)31(37)22-13-12-21(14-23(22)34)41-17-20-8-5-4-6-9-20/h4-14,18,31,36,38H,15-17H2,1-3H3. The normalized spacial score (nSPS) is 17.7. The minimum atomic E-state index is -1.11. The zero-order valence-corrected chi connectivity index (χ0v) is 24.3. The van der Waals surface area contributed by atoms with Crippen LogP contribution in [0.4, 0.5) is 15.8 Å². The average molecular weight is 584 g/mol. The van der Waals surface area contributed by atoms with E-state index in [0.29, 0.717) is 34.1 Å². The number of rotatable bonds is 5. The van der Waals surface area contributed by atoms with Gasteiger partial charge < -0.3 is 15.2 Å². The van der Waals surface area contributed by atoms with Crippen LogP contribution in [0.2, 0.25) is 0 Å². The molecule has 0 bridgehead atoms. The van der Waals surface area contributed by atoms with Gasteiger partial charge in [0.2, 0.25) is 0 Å². The maximum Gasteiger partial charge on any atom is 0.278 e. The first-order chi connectivity index (χ1) is 20.1. The second kappa shape index (κ2) is 10.7. The molecule has 0 saturated heterocycles. The Morgan fingerprint density at radius 3 is 2.64 bits per heavy atom. The number of para-hydroxylation sites is 1. The van der Waals surface area contributed by atoms with Gasteiger partial charge in [-0.15, -0.1) is 11.3 Å². The third-order valence-corrected chi connectivity index (χ3v) is 8.35. The Hall–Kier alpha value is -4.50. The number of phenols is 1. The van der Waals surface area contributed by atoms with Gasteiger partial charge >= 0.3 is 0 Å². The average Bonchev–Trinajstić information content (AvgIpc) is 3.32. The van der Waals surface area contributed by atoms with Crippen LogP contribution in [-0.2, 0) is 11.4 Å². The predicted molar refractivity (Wildman–Crippen MR) is 160 cm³/mol. The van der Waals surface area contributed by atoms with Gasteiger partial charge in [0, 0.05) is 34.7 Å². The van der Waals surface area contributed by atoms with Gasteiger partial charge in [-0.25, -0.2) is 9.37 Å². The molecule has 42 heavy (non-hydrogen) atoms. The molecule has 0 fully saturated rings. The second-order valence-electron chi connectivity index (χ2n) is 11.4. The minimum absolute atomic E-state index is 0.0896. The number of hydrogen-bond acceptors (Lipinski definition) is 7. The molecule has 2 heterocycles. The van der Waals surface area contributed by atoms with Crippen LogP contribution < -0.4 is 15.0 Å². The Morgan fingerprint density at radius 1 is 1.14 bits per heavy atom. The maximum atomic E-state index is 16.2. The number of ketones is 1. The molecule has 3 aromatic carbocycles. The van der Waals surface area contributed by atoms with Crippen LogP contribution in [0.3, 0.4) is 0 Å². The number of phenolic OH excluding ortho intramolecular Hbond substituents is 1. The van der Waals surface area contributed by atoms with E-state index >= 15 is 4.39 Å². The number of fused-ring (bicyclic) bond motifs is 1. The number of aromatic nitrogens is 1. The summed E-state index contributed by atoms with van der Waals surface area (Å²) in [4.78, 5) is 33.9. The summed E-state index contributed by atoms with van der Waals surface area (Å²) < 4.78 is 22.1. The fourth-order valence-electron chi connectivity index (χ4n) is 5.71. The van der Waals surface area contributed by atoms with Crippen molar-refractivity contribution in [3.8, 4) is 11.5 Å². The summed E-state index contributed by atoms with van der Waals surface area (Å²) in [5, 5.41) is 16.5. The number of halogens is 1. The van der Waals surface area contributed by atoms with Crippen molar-refractivity contribution in [1.29, 1.82) is 0 Å². The summed E-state index contributed by atoms with van der Waals surface area (Å²) in [5.41, 5.74) is 2.32. The van der Waals surface area contributed by atoms with Crippen molar-refractivity contribution in [2.24, 2.45) is 5.41 Å². The molecule has 1 aliphatic carbocycles. The van der Waals surface area contributed by atoms with E-state index < -0.39 is 17.8 Å². The molecular weight excluding hydrogens is 553 g/mol. The highest BCUT2D eigenvalue weighted by Gasteiger charge is 2.45. The molecule has 4 aromatic rings. The van der Waals surface area contributed by atoms with Crippen LogP contribution >= 0.6 is 11.3 Å². The zero-order valence-electron chi connectivity index (χ0n) is 23.5. The van der Waals surface area contributed by atoms with Gasteiger partial charge in [-0.2, -0.15) is 0 Å². The molecule has 0 spiro atoms. The lowest BCUT2D eigenvalue weighted by Crippen LogP contribution is -2.40. The lowest BCUT2D eigenvalue weighted by atomic mass is 9.73. The number of Topliss-reactive ketones (excluding diaryl/α,β-unsaturated/α-hetero) is 1. The Balaban J connectivity index is 1.52. The van der Waals surface area contributed by atoms with Gasteiger partial charge in [0.1, 0.15) is 35.3 Å². The van der Waals surface area contributed by atoms with E-state index in [2.05, 4.69) is 10.3 Å². The van der Waals surface area contributed by atoms with E-state index in [0.717, 1.165) is 5.56 Å². The van der Waals surface area contributed by atoms with Crippen LogP contribution in [0.15, 0.2) is 83.4 Å². The smallest absolute Gasteiger partial charge is 0.278 e. The number of amides is 1. The predicted octanol–water partition coefficient (Wildman–Crippen LogP) is 7.33. The molecule has 2 N–H and O–H groups in total. The third kappa shape index (κ3) is 5.16. The highest BCUT2D eigenvalue weighted by molar-refractivity contribution is 7.09. The quantitative estimate of drug-likeness (QED) is 0.239. The van der Waals surface area contributed by atoms with E-state index in [1.165, 1.54) is 28.4 Å². The number of carbonyl (C=O) groups is 2. The van der Waals surface area contributed by atoms with Crippen molar-refractivity contribution in [1.82, 2.24) is 4.98 Å². The number of anilines is 2. The Labute approximate surface area is 247 Å². The second-order valence-corrected chi connectivity index (χ2v) is 12.5. The number of nitrogens with one attached hydrogen (secondary N) is 1. The molecule has 1 aliphatic heterocycles. The summed E-state index contributed by atoms with van der Waals surface area (Å²) >= 11 is 1.32. The number of carbonyl (C=O) groups excluding carboxylic acids is 2. The minimum Gasteiger partial charge on any atom is -0.506 e.